The van der Waals surface area contributed by atoms with E-state index in [2.05, 4.69) is 39.4 Å². The van der Waals surface area contributed by atoms with E-state index in [0.29, 0.717) is 16.9 Å². The van der Waals surface area contributed by atoms with E-state index in [0.717, 1.165) is 22.9 Å². The number of hydrogen-bond donors (Lipinski definition) is 2. The van der Waals surface area contributed by atoms with Gasteiger partial charge in [-0.3, -0.25) is 4.79 Å². The molecule has 4 heterocycles. The topological polar surface area (TPSA) is 89.7 Å². The summed E-state index contributed by atoms with van der Waals surface area (Å²) in [7, 11) is 0. The number of nitrogens with one attached hydrogen (secondary N) is 2. The summed E-state index contributed by atoms with van der Waals surface area (Å²) in [6, 6.07) is 8.24. The number of nitrogens with zero attached hydrogens (tertiary/aromatic N) is 5. The average molecular weight is 544 g/mol. The number of fused-ring (bicyclic) bond motifs is 2. The molecule has 206 valence electrons. The van der Waals surface area contributed by atoms with Crippen molar-refractivity contribution < 1.29 is 17.6 Å². The minimum absolute atomic E-state index is 0.0347. The molecule has 3 aromatic heterocycles. The summed E-state index contributed by atoms with van der Waals surface area (Å²) in [5, 5.41) is 6.37. The van der Waals surface area contributed by atoms with Crippen molar-refractivity contribution in [3.63, 3.8) is 0 Å². The highest BCUT2D eigenvalue weighted by atomic mass is 19.4. The molecule has 1 aromatic carbocycles. The molecule has 0 unspecified atom stereocenters. The summed E-state index contributed by atoms with van der Waals surface area (Å²) in [6.07, 6.45) is -3.52. The second kappa shape index (κ2) is 9.15. The van der Waals surface area contributed by atoms with Crippen molar-refractivity contribution in [2.45, 2.75) is 64.7 Å². The fourth-order valence-electron chi connectivity index (χ4n) is 4.92. The Bertz CT molecular complexity index is 1630. The molecule has 0 radical (unpaired) electrons. The summed E-state index contributed by atoms with van der Waals surface area (Å²) >= 11 is 0. The van der Waals surface area contributed by atoms with Crippen molar-refractivity contribution in [1.82, 2.24) is 29.6 Å². The molecule has 0 spiro atoms. The van der Waals surface area contributed by atoms with Gasteiger partial charge in [-0.25, -0.2) is 23.7 Å². The van der Waals surface area contributed by atoms with Crippen molar-refractivity contribution in [1.29, 1.82) is 0 Å². The van der Waals surface area contributed by atoms with Gasteiger partial charge >= 0.3 is 6.18 Å². The summed E-state index contributed by atoms with van der Waals surface area (Å²) in [4.78, 5) is 26.0. The Labute approximate surface area is 222 Å². The van der Waals surface area contributed by atoms with Gasteiger partial charge in [-0.1, -0.05) is 40.7 Å². The second-order valence-corrected chi connectivity index (χ2v) is 11.5. The van der Waals surface area contributed by atoms with Crippen LogP contribution in [0.2, 0.25) is 0 Å². The van der Waals surface area contributed by atoms with E-state index in [-0.39, 0.29) is 33.9 Å². The molecule has 4 aromatic rings. The van der Waals surface area contributed by atoms with Crippen LogP contribution in [0.15, 0.2) is 41.3 Å². The highest BCUT2D eigenvalue weighted by molar-refractivity contribution is 5.77. The van der Waals surface area contributed by atoms with E-state index in [1.165, 1.54) is 17.8 Å². The molecule has 1 aliphatic heterocycles. The van der Waals surface area contributed by atoms with Crippen molar-refractivity contribution in [3.8, 4) is 5.82 Å². The van der Waals surface area contributed by atoms with Crippen LogP contribution in [0.25, 0.3) is 16.9 Å². The standard InChI is InChI=1S/C27H29F4N7O/c1-25(2,3)21-19(28)8-9-20(35-21)38-22-17(23(39)37(38)14-27(29,30)31)12-33-24(36-22)34-16-6-7-18-15(10-16)11-32-13-26(18,4)5/h6-10,12,32H,11,13-14H2,1-5H3,(H,33,34,36). The van der Waals surface area contributed by atoms with Gasteiger partial charge < -0.3 is 10.6 Å². The smallest absolute Gasteiger partial charge is 0.324 e. The number of benzene rings is 1. The zero-order valence-electron chi connectivity index (χ0n) is 22.2. The molecule has 5 rings (SSSR count). The zero-order valence-corrected chi connectivity index (χ0v) is 22.2. The van der Waals surface area contributed by atoms with Gasteiger partial charge in [0.05, 0.1) is 5.69 Å². The molecule has 0 saturated heterocycles. The Kier molecular flexibility index (Phi) is 6.28. The summed E-state index contributed by atoms with van der Waals surface area (Å²) in [5.41, 5.74) is 1.27. The van der Waals surface area contributed by atoms with Gasteiger partial charge in [-0.05, 0) is 35.4 Å². The van der Waals surface area contributed by atoms with Crippen LogP contribution in [0.3, 0.4) is 0 Å². The van der Waals surface area contributed by atoms with Gasteiger partial charge in [0.15, 0.2) is 11.5 Å². The molecule has 12 heteroatoms. The number of alkyl halides is 3. The minimum atomic E-state index is -4.71. The van der Waals surface area contributed by atoms with Crippen LogP contribution in [-0.4, -0.2) is 37.0 Å². The van der Waals surface area contributed by atoms with Crippen LogP contribution >= 0.6 is 0 Å². The maximum absolute atomic E-state index is 14.6. The van der Waals surface area contributed by atoms with Crippen molar-refractivity contribution >= 4 is 22.7 Å². The van der Waals surface area contributed by atoms with Crippen LogP contribution < -0.4 is 16.2 Å². The summed E-state index contributed by atoms with van der Waals surface area (Å²) in [6.45, 7) is 9.48. The zero-order chi connectivity index (χ0) is 28.3. The summed E-state index contributed by atoms with van der Waals surface area (Å²) in [5.74, 6) is -0.583. The number of hydrogen-bond acceptors (Lipinski definition) is 6. The first-order chi connectivity index (χ1) is 18.1. The Morgan fingerprint density at radius 3 is 2.54 bits per heavy atom. The maximum Gasteiger partial charge on any atom is 0.408 e. The highest BCUT2D eigenvalue weighted by Crippen LogP contribution is 2.32. The highest BCUT2D eigenvalue weighted by Gasteiger charge is 2.33. The lowest BCUT2D eigenvalue weighted by Crippen LogP contribution is -2.38. The van der Waals surface area contributed by atoms with E-state index in [4.69, 9.17) is 0 Å². The van der Waals surface area contributed by atoms with Crippen LogP contribution in [0, 0.1) is 5.82 Å². The first-order valence-electron chi connectivity index (χ1n) is 12.5. The van der Waals surface area contributed by atoms with E-state index in [9.17, 15) is 22.4 Å². The third-order valence-electron chi connectivity index (χ3n) is 6.74. The fourth-order valence-corrected chi connectivity index (χ4v) is 4.92. The van der Waals surface area contributed by atoms with Gasteiger partial charge in [0.2, 0.25) is 5.95 Å². The minimum Gasteiger partial charge on any atom is -0.324 e. The first-order valence-corrected chi connectivity index (χ1v) is 12.5. The number of aromatic nitrogens is 5. The van der Waals surface area contributed by atoms with E-state index in [1.807, 2.05) is 18.2 Å². The lowest BCUT2D eigenvalue weighted by atomic mass is 9.79. The van der Waals surface area contributed by atoms with Crippen LogP contribution in [-0.2, 0) is 23.9 Å². The van der Waals surface area contributed by atoms with Gasteiger partial charge in [0.1, 0.15) is 17.7 Å². The molecule has 0 fully saturated rings. The van der Waals surface area contributed by atoms with Crippen LogP contribution in [0.1, 0.15) is 51.4 Å². The summed E-state index contributed by atoms with van der Waals surface area (Å²) < 4.78 is 56.7. The molecular formula is C27H29F4N7O. The van der Waals surface area contributed by atoms with Crippen LogP contribution in [0.5, 0.6) is 0 Å². The Morgan fingerprint density at radius 2 is 1.85 bits per heavy atom. The molecule has 0 bridgehead atoms. The lowest BCUT2D eigenvalue weighted by molar-refractivity contribution is -0.144. The molecule has 0 amide bonds. The van der Waals surface area contributed by atoms with Gasteiger partial charge in [-0.2, -0.15) is 18.2 Å². The Morgan fingerprint density at radius 1 is 1.10 bits per heavy atom. The van der Waals surface area contributed by atoms with E-state index < -0.39 is 29.5 Å². The molecule has 0 aliphatic carbocycles. The maximum atomic E-state index is 14.6. The lowest BCUT2D eigenvalue weighted by Gasteiger charge is -2.33. The largest absolute Gasteiger partial charge is 0.408 e. The Hall–Kier alpha value is -3.80. The molecule has 1 aliphatic rings. The molecular weight excluding hydrogens is 514 g/mol. The van der Waals surface area contributed by atoms with Gasteiger partial charge in [0, 0.05) is 35.8 Å². The number of anilines is 2. The van der Waals surface area contributed by atoms with Crippen molar-refractivity contribution in [2.24, 2.45) is 0 Å². The molecule has 2 N–H and O–H groups in total. The number of halogens is 4. The number of rotatable bonds is 4. The fraction of sp³-hybridized carbons (Fsp3) is 0.407. The SMILES string of the molecule is CC(C)(C)c1nc(-n2c3nc(Nc4ccc5c(c4)CNCC5(C)C)ncc3c(=O)n2CC(F)(F)F)ccc1F. The van der Waals surface area contributed by atoms with Crippen molar-refractivity contribution in [2.75, 3.05) is 11.9 Å². The predicted molar refractivity (Wildman–Crippen MR) is 140 cm³/mol. The van der Waals surface area contributed by atoms with Gasteiger partial charge in [0.25, 0.3) is 5.56 Å². The Balaban J connectivity index is 1.64. The van der Waals surface area contributed by atoms with Gasteiger partial charge in [-0.15, -0.1) is 0 Å². The van der Waals surface area contributed by atoms with Crippen molar-refractivity contribution in [3.05, 3.63) is 69.5 Å². The first kappa shape index (κ1) is 26.8. The normalized spacial score (nSPS) is 15.4. The van der Waals surface area contributed by atoms with Crippen LogP contribution in [0.4, 0.5) is 29.2 Å². The second-order valence-electron chi connectivity index (χ2n) is 11.5. The molecule has 0 atom stereocenters. The predicted octanol–water partition coefficient (Wildman–Crippen LogP) is 5.10. The monoisotopic (exact) mass is 543 g/mol. The number of pyridine rings is 1. The van der Waals surface area contributed by atoms with E-state index in [1.54, 1.807) is 20.8 Å². The molecule has 39 heavy (non-hydrogen) atoms. The average Bonchev–Trinajstić information content (AvgIpc) is 3.08. The van der Waals surface area contributed by atoms with E-state index >= 15 is 0 Å². The molecule has 8 nitrogen and oxygen atoms in total. The third-order valence-corrected chi connectivity index (χ3v) is 6.74. The molecule has 0 saturated carbocycles. The quantitative estimate of drug-likeness (QED) is 0.348. The third kappa shape index (κ3) is 5.12.